The van der Waals surface area contributed by atoms with Gasteiger partial charge in [0.2, 0.25) is 5.78 Å². The zero-order valence-electron chi connectivity index (χ0n) is 13.1. The van der Waals surface area contributed by atoms with Gasteiger partial charge in [-0.05, 0) is 60.7 Å². The molecule has 0 aliphatic rings. The van der Waals surface area contributed by atoms with Gasteiger partial charge in [-0.1, -0.05) is 31.4 Å². The van der Waals surface area contributed by atoms with Crippen molar-refractivity contribution in [2.75, 3.05) is 7.11 Å². The molecule has 0 spiro atoms. The fourth-order valence-corrected chi connectivity index (χ4v) is 2.08. The molecule has 2 heteroatoms. The van der Waals surface area contributed by atoms with Crippen molar-refractivity contribution in [3.8, 4) is 17.6 Å². The molecule has 0 amide bonds. The van der Waals surface area contributed by atoms with E-state index in [0.717, 1.165) is 17.7 Å². The Morgan fingerprint density at radius 2 is 1.73 bits per heavy atom. The van der Waals surface area contributed by atoms with Crippen LogP contribution in [-0.2, 0) is 6.42 Å². The van der Waals surface area contributed by atoms with Crippen molar-refractivity contribution < 1.29 is 9.53 Å². The van der Waals surface area contributed by atoms with Crippen molar-refractivity contribution in [3.63, 3.8) is 0 Å². The molecule has 0 saturated carbocycles. The summed E-state index contributed by atoms with van der Waals surface area (Å²) in [6.07, 6.45) is 3.48. The Kier molecular flexibility index (Phi) is 5.80. The molecule has 112 valence electrons. The fraction of sp³-hybridized carbons (Fsp3) is 0.250. The van der Waals surface area contributed by atoms with Crippen LogP contribution in [0.1, 0.15) is 41.3 Å². The Bertz CT molecular complexity index is 670. The second-order valence-corrected chi connectivity index (χ2v) is 5.11. The zero-order chi connectivity index (χ0) is 15.8. The Balaban J connectivity index is 2.03. The van der Waals surface area contributed by atoms with Gasteiger partial charge in [-0.15, -0.1) is 0 Å². The number of ether oxygens (including phenoxy) is 1. The minimum absolute atomic E-state index is 0.183. The lowest BCUT2D eigenvalue weighted by molar-refractivity contribution is 0.105. The first-order chi connectivity index (χ1) is 10.7. The maximum Gasteiger partial charge on any atom is 0.236 e. The zero-order valence-corrected chi connectivity index (χ0v) is 13.1. The van der Waals surface area contributed by atoms with Crippen molar-refractivity contribution in [1.29, 1.82) is 0 Å². The minimum Gasteiger partial charge on any atom is -0.497 e. The summed E-state index contributed by atoms with van der Waals surface area (Å²) in [5.41, 5.74) is 2.75. The van der Waals surface area contributed by atoms with Crippen molar-refractivity contribution in [2.24, 2.45) is 0 Å². The van der Waals surface area contributed by atoms with Gasteiger partial charge >= 0.3 is 0 Å². The molecule has 0 fully saturated rings. The number of hydrogen-bond donors (Lipinski definition) is 0. The van der Waals surface area contributed by atoms with E-state index in [2.05, 4.69) is 30.9 Å². The summed E-state index contributed by atoms with van der Waals surface area (Å²) in [4.78, 5) is 12.0. The van der Waals surface area contributed by atoms with E-state index in [1.165, 1.54) is 18.4 Å². The second kappa shape index (κ2) is 8.05. The number of methoxy groups -OCH3 is 1. The first kappa shape index (κ1) is 15.9. The summed E-state index contributed by atoms with van der Waals surface area (Å²) < 4.78 is 5.07. The van der Waals surface area contributed by atoms with Gasteiger partial charge in [-0.2, -0.15) is 0 Å². The van der Waals surface area contributed by atoms with Crippen LogP contribution in [0.2, 0.25) is 0 Å². The van der Waals surface area contributed by atoms with Crippen molar-refractivity contribution in [1.82, 2.24) is 0 Å². The first-order valence-electron chi connectivity index (χ1n) is 7.52. The molecule has 0 aliphatic heterocycles. The number of rotatable bonds is 5. The number of aryl methyl sites for hydroxylation is 1. The van der Waals surface area contributed by atoms with Crippen LogP contribution < -0.4 is 4.74 Å². The predicted molar refractivity (Wildman–Crippen MR) is 89.3 cm³/mol. The van der Waals surface area contributed by atoms with Crippen molar-refractivity contribution in [2.45, 2.75) is 26.2 Å². The normalized spacial score (nSPS) is 9.73. The van der Waals surface area contributed by atoms with Crippen LogP contribution in [0.15, 0.2) is 48.5 Å². The SMILES string of the molecule is CCCCc1ccc(C#CC(=O)c2ccc(OC)cc2)cc1. The lowest BCUT2D eigenvalue weighted by Crippen LogP contribution is -1.95. The lowest BCUT2D eigenvalue weighted by atomic mass is 10.1. The van der Waals surface area contributed by atoms with Crippen LogP contribution >= 0.6 is 0 Å². The molecule has 22 heavy (non-hydrogen) atoms. The lowest BCUT2D eigenvalue weighted by Gasteiger charge is -2.00. The molecule has 0 unspecified atom stereocenters. The van der Waals surface area contributed by atoms with Gasteiger partial charge in [0.05, 0.1) is 7.11 Å². The molecule has 0 atom stereocenters. The highest BCUT2D eigenvalue weighted by atomic mass is 16.5. The number of hydrogen-bond acceptors (Lipinski definition) is 2. The Morgan fingerprint density at radius 3 is 2.32 bits per heavy atom. The third-order valence-corrected chi connectivity index (χ3v) is 3.45. The number of Topliss-reactive ketones (excluding diaryl/α,β-unsaturated/α-hetero) is 1. The molecule has 2 nitrogen and oxygen atoms in total. The maximum atomic E-state index is 12.0. The van der Waals surface area contributed by atoms with Gasteiger partial charge in [0, 0.05) is 11.1 Å². The average molecular weight is 292 g/mol. The van der Waals surface area contributed by atoms with Crippen LogP contribution in [-0.4, -0.2) is 12.9 Å². The highest BCUT2D eigenvalue weighted by molar-refractivity contribution is 6.09. The van der Waals surface area contributed by atoms with Gasteiger partial charge < -0.3 is 4.74 Å². The predicted octanol–water partition coefficient (Wildman–Crippen LogP) is 4.27. The summed E-state index contributed by atoms with van der Waals surface area (Å²) >= 11 is 0. The fourth-order valence-electron chi connectivity index (χ4n) is 2.08. The van der Waals surface area contributed by atoms with E-state index in [1.807, 2.05) is 12.1 Å². The summed E-state index contributed by atoms with van der Waals surface area (Å²) in [5, 5.41) is 0. The highest BCUT2D eigenvalue weighted by Crippen LogP contribution is 2.11. The van der Waals surface area contributed by atoms with Gasteiger partial charge in [0.15, 0.2) is 0 Å². The van der Waals surface area contributed by atoms with Crippen molar-refractivity contribution >= 4 is 5.78 Å². The van der Waals surface area contributed by atoms with Crippen LogP contribution in [0.25, 0.3) is 0 Å². The van der Waals surface area contributed by atoms with E-state index < -0.39 is 0 Å². The molecule has 0 saturated heterocycles. The van der Waals surface area contributed by atoms with Gasteiger partial charge in [0.1, 0.15) is 5.75 Å². The molecule has 2 aromatic rings. The molecule has 0 heterocycles. The Hall–Kier alpha value is -2.53. The molecule has 2 aromatic carbocycles. The number of unbranched alkanes of at least 4 members (excludes halogenated alkanes) is 1. The molecule has 0 radical (unpaired) electrons. The molecule has 0 N–H and O–H groups in total. The molecule has 2 rings (SSSR count). The van der Waals surface area contributed by atoms with Crippen LogP contribution in [0.3, 0.4) is 0 Å². The summed E-state index contributed by atoms with van der Waals surface area (Å²) in [7, 11) is 1.60. The quantitative estimate of drug-likeness (QED) is 0.607. The number of ketones is 1. The number of carbonyl (C=O) groups excluding carboxylic acids is 1. The topological polar surface area (TPSA) is 26.3 Å². The van der Waals surface area contributed by atoms with E-state index >= 15 is 0 Å². The van der Waals surface area contributed by atoms with Gasteiger partial charge in [-0.25, -0.2) is 0 Å². The second-order valence-electron chi connectivity index (χ2n) is 5.11. The highest BCUT2D eigenvalue weighted by Gasteiger charge is 2.02. The Morgan fingerprint density at radius 1 is 1.05 bits per heavy atom. The summed E-state index contributed by atoms with van der Waals surface area (Å²) in [6, 6.07) is 15.1. The van der Waals surface area contributed by atoms with Gasteiger partial charge in [-0.3, -0.25) is 4.79 Å². The average Bonchev–Trinajstić information content (AvgIpc) is 2.58. The largest absolute Gasteiger partial charge is 0.497 e. The van der Waals surface area contributed by atoms with E-state index in [0.29, 0.717) is 5.56 Å². The minimum atomic E-state index is -0.183. The number of carbonyl (C=O) groups is 1. The monoisotopic (exact) mass is 292 g/mol. The summed E-state index contributed by atoms with van der Waals surface area (Å²) in [6.45, 7) is 2.19. The molecular formula is C20H20O2. The van der Waals surface area contributed by atoms with E-state index in [1.54, 1.807) is 31.4 Å². The number of benzene rings is 2. The molecular weight excluding hydrogens is 272 g/mol. The van der Waals surface area contributed by atoms with Crippen LogP contribution in [0.4, 0.5) is 0 Å². The van der Waals surface area contributed by atoms with Crippen LogP contribution in [0.5, 0.6) is 5.75 Å². The standard InChI is InChI=1S/C20H20O2/c1-3-4-5-16-6-8-17(9-7-16)10-15-20(21)18-11-13-19(22-2)14-12-18/h6-9,11-14H,3-5H2,1-2H3. The third-order valence-electron chi connectivity index (χ3n) is 3.45. The third kappa shape index (κ3) is 4.49. The van der Waals surface area contributed by atoms with E-state index in [-0.39, 0.29) is 5.78 Å². The molecule has 0 bridgehead atoms. The molecule has 0 aliphatic carbocycles. The van der Waals surface area contributed by atoms with Crippen molar-refractivity contribution in [3.05, 3.63) is 65.2 Å². The first-order valence-corrected chi connectivity index (χ1v) is 7.52. The Labute approximate surface area is 132 Å². The van der Waals surface area contributed by atoms with Crippen LogP contribution in [0, 0.1) is 11.8 Å². The molecule has 0 aromatic heterocycles. The van der Waals surface area contributed by atoms with E-state index in [4.69, 9.17) is 4.74 Å². The maximum absolute atomic E-state index is 12.0. The smallest absolute Gasteiger partial charge is 0.236 e. The summed E-state index contributed by atoms with van der Waals surface area (Å²) in [5.74, 6) is 6.16. The van der Waals surface area contributed by atoms with Gasteiger partial charge in [0.25, 0.3) is 0 Å². The van der Waals surface area contributed by atoms with E-state index in [9.17, 15) is 4.79 Å².